The molecule has 0 spiro atoms. The molecule has 0 N–H and O–H groups in total. The highest BCUT2D eigenvalue weighted by Gasteiger charge is 2.14. The predicted octanol–water partition coefficient (Wildman–Crippen LogP) is 11.3. The quantitative estimate of drug-likeness (QED) is 0.0760. The van der Waals surface area contributed by atoms with Crippen LogP contribution in [-0.4, -0.2) is 12.6 Å². The molecule has 0 saturated carbocycles. The van der Waals surface area contributed by atoms with Crippen molar-refractivity contribution in [1.82, 2.24) is 0 Å². The Hall–Kier alpha value is -3.21. The minimum atomic E-state index is -0.638. The minimum absolute atomic E-state index is 0.0811. The van der Waals surface area contributed by atoms with Gasteiger partial charge in [0.25, 0.3) is 0 Å². The molecule has 0 aliphatic rings. The van der Waals surface area contributed by atoms with E-state index in [4.69, 9.17) is 9.47 Å². The van der Waals surface area contributed by atoms with Crippen LogP contribution in [0.3, 0.4) is 0 Å². The Labute approximate surface area is 251 Å². The van der Waals surface area contributed by atoms with Gasteiger partial charge in [-0.1, -0.05) is 115 Å². The molecule has 0 atom stereocenters. The van der Waals surface area contributed by atoms with Crippen molar-refractivity contribution in [3.63, 3.8) is 0 Å². The first kappa shape index (κ1) is 33.3. The monoisotopic (exact) mass is 578 g/mol. The third kappa shape index (κ3) is 11.6. The number of hydrogen-bond donors (Lipinski definition) is 0. The van der Waals surface area contributed by atoms with Crippen LogP contribution in [0.4, 0.5) is 8.78 Å². The first-order chi connectivity index (χ1) is 20.5. The van der Waals surface area contributed by atoms with E-state index in [0.29, 0.717) is 17.7 Å². The summed E-state index contributed by atoms with van der Waals surface area (Å²) in [4.78, 5) is 12.7. The first-order valence-corrected chi connectivity index (χ1v) is 16.0. The number of halogens is 2. The minimum Gasteiger partial charge on any atom is -0.491 e. The number of unbranched alkanes of at least 4 members (excludes halogenated alkanes) is 12. The largest absolute Gasteiger partial charge is 0.491 e. The molecule has 0 radical (unpaired) electrons. The summed E-state index contributed by atoms with van der Waals surface area (Å²) >= 11 is 0. The molecular formula is C37H48F2O3. The Balaban J connectivity index is 1.45. The fourth-order valence-corrected chi connectivity index (χ4v) is 5.07. The molecule has 0 fully saturated rings. The van der Waals surface area contributed by atoms with Crippen molar-refractivity contribution in [3.8, 4) is 22.6 Å². The SMILES string of the molecule is CCCCCCCCCCc1ccc(OC(=O)c2ccc(-c3ccc(OCCCCCCCC)c(F)c3)cc2)c(F)c1. The van der Waals surface area contributed by atoms with Crippen LogP contribution in [0.15, 0.2) is 60.7 Å². The molecule has 3 rings (SSSR count). The van der Waals surface area contributed by atoms with Gasteiger partial charge in [0.1, 0.15) is 0 Å². The Morgan fingerprint density at radius 2 is 1.14 bits per heavy atom. The van der Waals surface area contributed by atoms with Gasteiger partial charge in [0, 0.05) is 0 Å². The summed E-state index contributed by atoms with van der Waals surface area (Å²) in [5.41, 5.74) is 2.64. The highest BCUT2D eigenvalue weighted by molar-refractivity contribution is 5.91. The molecule has 0 bridgehead atoms. The van der Waals surface area contributed by atoms with Crippen molar-refractivity contribution in [2.75, 3.05) is 6.61 Å². The molecule has 0 unspecified atom stereocenters. The van der Waals surface area contributed by atoms with Gasteiger partial charge in [0.2, 0.25) is 0 Å². The van der Waals surface area contributed by atoms with Crippen LogP contribution in [-0.2, 0) is 6.42 Å². The summed E-state index contributed by atoms with van der Waals surface area (Å²) in [6.07, 6.45) is 17.5. The van der Waals surface area contributed by atoms with Gasteiger partial charge in [-0.15, -0.1) is 0 Å². The number of benzene rings is 3. The van der Waals surface area contributed by atoms with Crippen LogP contribution in [0, 0.1) is 11.6 Å². The van der Waals surface area contributed by atoms with E-state index >= 15 is 0 Å². The van der Waals surface area contributed by atoms with Gasteiger partial charge in [0.05, 0.1) is 12.2 Å². The maximum atomic E-state index is 14.7. The van der Waals surface area contributed by atoms with E-state index in [1.165, 1.54) is 82.4 Å². The molecule has 228 valence electrons. The number of esters is 1. The lowest BCUT2D eigenvalue weighted by molar-refractivity contribution is 0.0728. The standard InChI is InChI=1S/C37H48F2O3/c1-3-5-7-9-11-12-13-15-17-29-18-24-36(33(38)27-29)42-37(40)31-21-19-30(20-22-31)32-23-25-35(34(39)28-32)41-26-16-14-10-8-6-4-2/h18-25,27-28H,3-17,26H2,1-2H3. The molecule has 0 aromatic heterocycles. The van der Waals surface area contributed by atoms with E-state index in [2.05, 4.69) is 13.8 Å². The summed E-state index contributed by atoms with van der Waals surface area (Å²) < 4.78 is 40.3. The van der Waals surface area contributed by atoms with Crippen LogP contribution >= 0.6 is 0 Å². The molecule has 0 amide bonds. The van der Waals surface area contributed by atoms with Gasteiger partial charge >= 0.3 is 5.97 Å². The number of carbonyl (C=O) groups is 1. The number of hydrogen-bond acceptors (Lipinski definition) is 3. The summed E-state index contributed by atoms with van der Waals surface area (Å²) in [6, 6.07) is 16.4. The summed E-state index contributed by atoms with van der Waals surface area (Å²) in [5.74, 6) is -1.42. The Kier molecular flexibility index (Phi) is 15.1. The average molecular weight is 579 g/mol. The molecular weight excluding hydrogens is 530 g/mol. The Bertz CT molecular complexity index is 1210. The van der Waals surface area contributed by atoms with Crippen LogP contribution in [0.25, 0.3) is 11.1 Å². The fraction of sp³-hybridized carbons (Fsp3) is 0.486. The molecule has 42 heavy (non-hydrogen) atoms. The van der Waals surface area contributed by atoms with Crippen LogP contribution in [0.5, 0.6) is 11.5 Å². The van der Waals surface area contributed by atoms with Gasteiger partial charge in [-0.25, -0.2) is 13.6 Å². The summed E-state index contributed by atoms with van der Waals surface area (Å²) in [5, 5.41) is 0. The van der Waals surface area contributed by atoms with Crippen molar-refractivity contribution in [2.45, 2.75) is 110 Å². The molecule has 0 aliphatic heterocycles. The lowest BCUT2D eigenvalue weighted by Crippen LogP contribution is -2.09. The molecule has 3 aromatic rings. The molecule has 3 nitrogen and oxygen atoms in total. The van der Waals surface area contributed by atoms with Gasteiger partial charge in [-0.2, -0.15) is 0 Å². The average Bonchev–Trinajstić information content (AvgIpc) is 3.00. The van der Waals surface area contributed by atoms with Crippen molar-refractivity contribution in [2.24, 2.45) is 0 Å². The summed E-state index contributed by atoms with van der Waals surface area (Å²) in [6.45, 7) is 4.92. The van der Waals surface area contributed by atoms with E-state index < -0.39 is 17.6 Å². The molecule has 0 heterocycles. The maximum Gasteiger partial charge on any atom is 0.343 e. The van der Waals surface area contributed by atoms with Gasteiger partial charge in [0.15, 0.2) is 23.1 Å². The highest BCUT2D eigenvalue weighted by atomic mass is 19.1. The van der Waals surface area contributed by atoms with Crippen LogP contribution < -0.4 is 9.47 Å². The topological polar surface area (TPSA) is 35.5 Å². The van der Waals surface area contributed by atoms with Gasteiger partial charge in [-0.05, 0) is 72.4 Å². The third-order valence-electron chi connectivity index (χ3n) is 7.66. The predicted molar refractivity (Wildman–Crippen MR) is 168 cm³/mol. The Morgan fingerprint density at radius 3 is 1.76 bits per heavy atom. The van der Waals surface area contributed by atoms with Crippen LogP contribution in [0.2, 0.25) is 0 Å². The number of rotatable bonds is 20. The zero-order valence-corrected chi connectivity index (χ0v) is 25.6. The number of carbonyl (C=O) groups excluding carboxylic acids is 1. The fourth-order valence-electron chi connectivity index (χ4n) is 5.07. The number of aryl methyl sites for hydroxylation is 1. The number of ether oxygens (including phenoxy) is 2. The van der Waals surface area contributed by atoms with Crippen molar-refractivity contribution in [3.05, 3.63) is 83.4 Å². The maximum absolute atomic E-state index is 14.7. The zero-order valence-electron chi connectivity index (χ0n) is 25.6. The molecule has 5 heteroatoms. The van der Waals surface area contributed by atoms with Crippen molar-refractivity contribution < 1.29 is 23.0 Å². The second kappa shape index (κ2) is 19.1. The van der Waals surface area contributed by atoms with Crippen molar-refractivity contribution >= 4 is 5.97 Å². The van der Waals surface area contributed by atoms with E-state index in [9.17, 15) is 13.6 Å². The van der Waals surface area contributed by atoms with E-state index in [0.717, 1.165) is 43.2 Å². The zero-order chi connectivity index (χ0) is 30.0. The van der Waals surface area contributed by atoms with E-state index in [1.807, 2.05) is 6.07 Å². The highest BCUT2D eigenvalue weighted by Crippen LogP contribution is 2.27. The lowest BCUT2D eigenvalue weighted by Gasteiger charge is -2.10. The first-order valence-electron chi connectivity index (χ1n) is 16.0. The van der Waals surface area contributed by atoms with E-state index in [1.54, 1.807) is 36.4 Å². The van der Waals surface area contributed by atoms with Gasteiger partial charge in [-0.3, -0.25) is 0 Å². The van der Waals surface area contributed by atoms with E-state index in [-0.39, 0.29) is 11.5 Å². The normalized spacial score (nSPS) is 11.0. The molecule has 3 aromatic carbocycles. The van der Waals surface area contributed by atoms with Crippen molar-refractivity contribution in [1.29, 1.82) is 0 Å². The lowest BCUT2D eigenvalue weighted by atomic mass is 10.0. The summed E-state index contributed by atoms with van der Waals surface area (Å²) in [7, 11) is 0. The molecule has 0 aliphatic carbocycles. The van der Waals surface area contributed by atoms with Crippen LogP contribution in [0.1, 0.15) is 120 Å². The van der Waals surface area contributed by atoms with Gasteiger partial charge < -0.3 is 9.47 Å². The second-order valence-corrected chi connectivity index (χ2v) is 11.2. The molecule has 0 saturated heterocycles. The third-order valence-corrected chi connectivity index (χ3v) is 7.66. The second-order valence-electron chi connectivity index (χ2n) is 11.2. The Morgan fingerprint density at radius 1 is 0.595 bits per heavy atom. The smallest absolute Gasteiger partial charge is 0.343 e.